The van der Waals surface area contributed by atoms with Gasteiger partial charge in [0.2, 0.25) is 5.91 Å². The first-order valence-corrected chi connectivity index (χ1v) is 10.8. The van der Waals surface area contributed by atoms with Crippen molar-refractivity contribution >= 4 is 61.7 Å². The van der Waals surface area contributed by atoms with Crippen molar-refractivity contribution in [1.82, 2.24) is 0 Å². The molecule has 0 aromatic heterocycles. The van der Waals surface area contributed by atoms with Crippen LogP contribution in [0.5, 0.6) is 0 Å². The molecule has 0 saturated heterocycles. The highest BCUT2D eigenvalue weighted by Gasteiger charge is 2.15. The van der Waals surface area contributed by atoms with E-state index in [-0.39, 0.29) is 24.1 Å². The van der Waals surface area contributed by atoms with E-state index in [1.54, 1.807) is 13.0 Å². The number of rotatable bonds is 6. The van der Waals surface area contributed by atoms with Crippen LogP contribution in [0.4, 0.5) is 17.1 Å². The van der Waals surface area contributed by atoms with Crippen molar-refractivity contribution < 1.29 is 14.3 Å². The van der Waals surface area contributed by atoms with E-state index in [1.165, 1.54) is 11.8 Å². The zero-order chi connectivity index (χ0) is 20.6. The van der Waals surface area contributed by atoms with E-state index < -0.39 is 0 Å². The second-order valence-corrected chi connectivity index (χ2v) is 7.91. The Hall–Kier alpha value is -2.58. The van der Waals surface area contributed by atoms with Gasteiger partial charge in [0.1, 0.15) is 0 Å². The van der Waals surface area contributed by atoms with Crippen molar-refractivity contribution in [3.8, 4) is 0 Å². The highest BCUT2D eigenvalue weighted by atomic mass is 79.9. The number of halogens is 1. The SMILES string of the molecule is CCOC(=O)CC1=CC(SCC(=O)Nc2ccccc2Br)=Nc2ccccc2N1. The molecule has 1 aliphatic rings. The number of nitrogens with one attached hydrogen (secondary N) is 2. The van der Waals surface area contributed by atoms with E-state index in [0.717, 1.165) is 15.8 Å². The number of esters is 1. The third-order valence-electron chi connectivity index (χ3n) is 3.87. The molecule has 1 amide bonds. The van der Waals surface area contributed by atoms with E-state index in [2.05, 4.69) is 31.6 Å². The number of benzene rings is 2. The van der Waals surface area contributed by atoms with Crippen LogP contribution in [0.1, 0.15) is 13.3 Å². The molecule has 0 aliphatic carbocycles. The molecule has 2 aromatic rings. The van der Waals surface area contributed by atoms with E-state index in [4.69, 9.17) is 4.74 Å². The molecule has 0 saturated carbocycles. The monoisotopic (exact) mass is 473 g/mol. The highest BCUT2D eigenvalue weighted by Crippen LogP contribution is 2.31. The Kier molecular flexibility index (Phi) is 7.48. The van der Waals surface area contributed by atoms with Crippen molar-refractivity contribution in [2.75, 3.05) is 23.0 Å². The summed E-state index contributed by atoms with van der Waals surface area (Å²) in [5.41, 5.74) is 2.94. The third kappa shape index (κ3) is 6.20. The number of anilines is 2. The quantitative estimate of drug-likeness (QED) is 0.569. The van der Waals surface area contributed by atoms with Gasteiger partial charge in [0.25, 0.3) is 0 Å². The Labute approximate surface area is 181 Å². The molecule has 3 rings (SSSR count). The molecule has 29 heavy (non-hydrogen) atoms. The lowest BCUT2D eigenvalue weighted by Crippen LogP contribution is -2.15. The van der Waals surface area contributed by atoms with E-state index in [9.17, 15) is 9.59 Å². The lowest BCUT2D eigenvalue weighted by molar-refractivity contribution is -0.142. The highest BCUT2D eigenvalue weighted by molar-refractivity contribution is 9.10. The standard InChI is InChI=1S/C21H20BrN3O3S/c1-2-28-21(27)12-14-11-20(25-18-10-6-5-9-17(18)23-14)29-13-19(26)24-16-8-4-3-7-15(16)22/h3-11,23H,2,12-13H2,1H3,(H,24,26). The smallest absolute Gasteiger partial charge is 0.311 e. The molecule has 150 valence electrons. The molecule has 1 aliphatic heterocycles. The largest absolute Gasteiger partial charge is 0.466 e. The number of carbonyl (C=O) groups excluding carboxylic acids is 2. The fraction of sp³-hybridized carbons (Fsp3) is 0.190. The molecule has 0 radical (unpaired) electrons. The van der Waals surface area contributed by atoms with Gasteiger partial charge in [-0.05, 0) is 53.2 Å². The van der Waals surface area contributed by atoms with Crippen LogP contribution in [0.2, 0.25) is 0 Å². The van der Waals surface area contributed by atoms with Crippen LogP contribution in [-0.4, -0.2) is 29.3 Å². The summed E-state index contributed by atoms with van der Waals surface area (Å²) in [6.45, 7) is 2.10. The number of hydrogen-bond donors (Lipinski definition) is 2. The van der Waals surface area contributed by atoms with Crippen LogP contribution in [0, 0.1) is 0 Å². The molecule has 0 fully saturated rings. The zero-order valence-corrected chi connectivity index (χ0v) is 18.2. The molecule has 0 atom stereocenters. The van der Waals surface area contributed by atoms with Gasteiger partial charge >= 0.3 is 5.97 Å². The Morgan fingerprint density at radius 3 is 2.72 bits per heavy atom. The summed E-state index contributed by atoms with van der Waals surface area (Å²) in [4.78, 5) is 28.9. The molecule has 2 aromatic carbocycles. The minimum Gasteiger partial charge on any atom is -0.466 e. The van der Waals surface area contributed by atoms with Gasteiger partial charge in [-0.1, -0.05) is 36.0 Å². The summed E-state index contributed by atoms with van der Waals surface area (Å²) in [5.74, 6) is -0.275. The molecule has 1 heterocycles. The van der Waals surface area contributed by atoms with Gasteiger partial charge in [0, 0.05) is 10.2 Å². The first-order valence-electron chi connectivity index (χ1n) is 9.03. The Balaban J connectivity index is 1.72. The molecular weight excluding hydrogens is 454 g/mol. The minimum absolute atomic E-state index is 0.102. The maximum Gasteiger partial charge on any atom is 0.311 e. The number of aliphatic imine (C=N–C) groups is 1. The summed E-state index contributed by atoms with van der Waals surface area (Å²) >= 11 is 4.72. The van der Waals surface area contributed by atoms with Crippen LogP contribution in [-0.2, 0) is 14.3 Å². The van der Waals surface area contributed by atoms with Crippen molar-refractivity contribution in [3.05, 3.63) is 64.8 Å². The van der Waals surface area contributed by atoms with Gasteiger partial charge < -0.3 is 15.4 Å². The van der Waals surface area contributed by atoms with Crippen molar-refractivity contribution in [1.29, 1.82) is 0 Å². The van der Waals surface area contributed by atoms with E-state index >= 15 is 0 Å². The van der Waals surface area contributed by atoms with Crippen LogP contribution < -0.4 is 10.6 Å². The van der Waals surface area contributed by atoms with Gasteiger partial charge in [0.15, 0.2) is 0 Å². The van der Waals surface area contributed by atoms with Crippen molar-refractivity contribution in [2.24, 2.45) is 4.99 Å². The van der Waals surface area contributed by atoms with Crippen LogP contribution in [0.15, 0.2) is 69.8 Å². The fourth-order valence-corrected chi connectivity index (χ4v) is 3.73. The van der Waals surface area contributed by atoms with Gasteiger partial charge in [-0.2, -0.15) is 0 Å². The average molecular weight is 474 g/mol. The summed E-state index contributed by atoms with van der Waals surface area (Å²) in [6.07, 6.45) is 1.89. The molecule has 0 bridgehead atoms. The first-order chi connectivity index (χ1) is 14.0. The second-order valence-electron chi connectivity index (χ2n) is 6.06. The minimum atomic E-state index is -0.318. The Bertz CT molecular complexity index is 975. The fourth-order valence-electron chi connectivity index (χ4n) is 2.61. The molecular formula is C21H20BrN3O3S. The predicted molar refractivity (Wildman–Crippen MR) is 122 cm³/mol. The molecule has 0 spiro atoms. The summed E-state index contributed by atoms with van der Waals surface area (Å²) in [5, 5.41) is 6.75. The Morgan fingerprint density at radius 2 is 1.93 bits per heavy atom. The number of thioether (sulfide) groups is 1. The third-order valence-corrected chi connectivity index (χ3v) is 5.47. The van der Waals surface area contributed by atoms with Crippen LogP contribution in [0.25, 0.3) is 0 Å². The van der Waals surface area contributed by atoms with E-state index in [1.807, 2.05) is 48.5 Å². The van der Waals surface area contributed by atoms with Crippen molar-refractivity contribution in [2.45, 2.75) is 13.3 Å². The molecule has 8 heteroatoms. The van der Waals surface area contributed by atoms with Gasteiger partial charge in [-0.15, -0.1) is 0 Å². The normalized spacial score (nSPS) is 12.6. The predicted octanol–water partition coefficient (Wildman–Crippen LogP) is 5.11. The lowest BCUT2D eigenvalue weighted by Gasteiger charge is -2.10. The molecule has 2 N–H and O–H groups in total. The van der Waals surface area contributed by atoms with Crippen LogP contribution >= 0.6 is 27.7 Å². The maximum atomic E-state index is 12.4. The number of nitrogens with zero attached hydrogens (tertiary/aromatic N) is 1. The second kappa shape index (κ2) is 10.3. The first kappa shape index (κ1) is 21.1. The van der Waals surface area contributed by atoms with Crippen LogP contribution in [0.3, 0.4) is 0 Å². The Morgan fingerprint density at radius 1 is 1.17 bits per heavy atom. The van der Waals surface area contributed by atoms with Gasteiger partial charge in [-0.3, -0.25) is 9.59 Å². The number of ether oxygens (including phenoxy) is 1. The number of para-hydroxylation sites is 3. The number of carbonyl (C=O) groups is 2. The molecule has 6 nitrogen and oxygen atoms in total. The number of amides is 1. The lowest BCUT2D eigenvalue weighted by atomic mass is 10.2. The maximum absolute atomic E-state index is 12.4. The summed E-state index contributed by atoms with van der Waals surface area (Å²) in [6, 6.07) is 15.0. The summed E-state index contributed by atoms with van der Waals surface area (Å²) < 4.78 is 5.87. The topological polar surface area (TPSA) is 79.8 Å². The van der Waals surface area contributed by atoms with Gasteiger partial charge in [0.05, 0.1) is 40.9 Å². The van der Waals surface area contributed by atoms with Gasteiger partial charge in [-0.25, -0.2) is 4.99 Å². The van der Waals surface area contributed by atoms with E-state index in [0.29, 0.717) is 23.0 Å². The summed E-state index contributed by atoms with van der Waals surface area (Å²) in [7, 11) is 0. The average Bonchev–Trinajstić information content (AvgIpc) is 2.87. The van der Waals surface area contributed by atoms with Crippen molar-refractivity contribution in [3.63, 3.8) is 0 Å². The zero-order valence-electron chi connectivity index (χ0n) is 15.8. The molecule has 0 unspecified atom stereocenters. The number of hydrogen-bond acceptors (Lipinski definition) is 6. The number of fused-ring (bicyclic) bond motifs is 1.